The minimum Gasteiger partial charge on any atom is -1.00 e. The van der Waals surface area contributed by atoms with E-state index in [0.717, 1.165) is 0 Å². The normalized spacial score (nSPS) is 19.0. The summed E-state index contributed by atoms with van der Waals surface area (Å²) in [5.74, 6) is -0.0437. The zero-order valence-corrected chi connectivity index (χ0v) is 15.5. The molecule has 1 atom stereocenters. The summed E-state index contributed by atoms with van der Waals surface area (Å²) in [5, 5.41) is 9.34. The Morgan fingerprint density at radius 3 is 2.33 bits per heavy atom. The quantitative estimate of drug-likeness (QED) is 0.179. The molecule has 0 aromatic heterocycles. The Bertz CT molecular complexity index is 341. The van der Waals surface area contributed by atoms with Crippen LogP contribution in [0.5, 0.6) is 0 Å². The second-order valence-electron chi connectivity index (χ2n) is 2.07. The minimum absolute atomic E-state index is 0. The van der Waals surface area contributed by atoms with Crippen molar-refractivity contribution in [3.05, 3.63) is 26.9 Å². The zero-order valence-electron chi connectivity index (χ0n) is 7.09. The third kappa shape index (κ3) is 4.86. The van der Waals surface area contributed by atoms with Gasteiger partial charge in [0, 0.05) is 0 Å². The predicted octanol–water partition coefficient (Wildman–Crippen LogP) is -3.27. The SMILES string of the molecule is [Cl-].[Cl-].[N-]=[N+]=C1C(Br)=C(Cl)C(O)=CC1Br.[Zn+2]. The molecule has 0 spiro atoms. The summed E-state index contributed by atoms with van der Waals surface area (Å²) in [4.78, 5) is 2.69. The number of nitrogens with zero attached hydrogens (tertiary/aromatic N) is 2. The Labute approximate surface area is 134 Å². The van der Waals surface area contributed by atoms with E-state index in [9.17, 15) is 5.11 Å². The topological polar surface area (TPSA) is 56.6 Å². The van der Waals surface area contributed by atoms with Gasteiger partial charge in [0.05, 0.1) is 0 Å². The van der Waals surface area contributed by atoms with Crippen LogP contribution in [0.1, 0.15) is 0 Å². The Kier molecular flexibility index (Phi) is 13.1. The van der Waals surface area contributed by atoms with Gasteiger partial charge in [0.1, 0.15) is 20.1 Å². The van der Waals surface area contributed by atoms with Crippen LogP contribution in [0, 0.1) is 0 Å². The van der Waals surface area contributed by atoms with Gasteiger partial charge >= 0.3 is 25.2 Å². The van der Waals surface area contributed by atoms with Gasteiger partial charge in [0.25, 0.3) is 0 Å². The van der Waals surface area contributed by atoms with Gasteiger partial charge in [-0.2, -0.15) is 4.79 Å². The second-order valence-corrected chi connectivity index (χ2v) is 4.22. The van der Waals surface area contributed by atoms with Gasteiger partial charge < -0.3 is 35.5 Å². The fourth-order valence-corrected chi connectivity index (χ4v) is 2.30. The number of halogens is 5. The first-order valence-electron chi connectivity index (χ1n) is 2.90. The van der Waals surface area contributed by atoms with Gasteiger partial charge in [-0.05, 0) is 22.0 Å². The van der Waals surface area contributed by atoms with Gasteiger partial charge in [-0.1, -0.05) is 27.5 Å². The zero-order chi connectivity index (χ0) is 9.30. The molecule has 1 unspecified atom stereocenters. The number of aliphatic hydroxyl groups is 1. The molecule has 1 aliphatic carbocycles. The molecular weight excluding hydrogens is 448 g/mol. The smallest absolute Gasteiger partial charge is 1.00 e. The molecule has 1 N–H and O–H groups in total. The molecule has 0 amide bonds. The van der Waals surface area contributed by atoms with Gasteiger partial charge in [-0.3, -0.25) is 0 Å². The van der Waals surface area contributed by atoms with E-state index in [2.05, 4.69) is 36.6 Å². The summed E-state index contributed by atoms with van der Waals surface area (Å²) in [7, 11) is 0. The van der Waals surface area contributed by atoms with Crippen molar-refractivity contribution in [1.29, 1.82) is 0 Å². The van der Waals surface area contributed by atoms with Crippen molar-refractivity contribution in [1.82, 2.24) is 0 Å². The Balaban J connectivity index is -0.000000480. The van der Waals surface area contributed by atoms with Gasteiger partial charge in [0.15, 0.2) is 0 Å². The molecule has 0 saturated heterocycles. The molecule has 0 saturated carbocycles. The maximum Gasteiger partial charge on any atom is 2.00 e. The van der Waals surface area contributed by atoms with Crippen LogP contribution in [0.4, 0.5) is 0 Å². The number of aliphatic hydroxyl groups excluding tert-OH is 1. The monoisotopic (exact) mass is 446 g/mol. The first kappa shape index (κ1) is 21.4. The summed E-state index contributed by atoms with van der Waals surface area (Å²) >= 11 is 11.9. The molecule has 1 rings (SSSR count). The first-order valence-corrected chi connectivity index (χ1v) is 4.99. The summed E-state index contributed by atoms with van der Waals surface area (Å²) in [5.41, 5.74) is 8.89. The van der Waals surface area contributed by atoms with Crippen molar-refractivity contribution in [2.24, 2.45) is 0 Å². The van der Waals surface area contributed by atoms with Crippen LogP contribution >= 0.6 is 43.5 Å². The standard InChI is InChI=1S/C6H3Br2ClN2O.2ClH.Zn/c7-2-1-3(12)5(9)4(8)6(2)11-10;;;/h1-2,12H;2*1H;/q;;;+2/p-2. The Hall–Kier alpha value is 1.11. The van der Waals surface area contributed by atoms with E-state index >= 15 is 0 Å². The Morgan fingerprint density at radius 1 is 1.47 bits per heavy atom. The molecular formula is C6H3Br2Cl3N2OZn. The number of rotatable bonds is 0. The molecule has 0 aliphatic heterocycles. The average molecular weight is 451 g/mol. The largest absolute Gasteiger partial charge is 2.00 e. The van der Waals surface area contributed by atoms with E-state index in [1.165, 1.54) is 6.08 Å². The van der Waals surface area contributed by atoms with Gasteiger partial charge in [-0.25, -0.2) is 0 Å². The van der Waals surface area contributed by atoms with Gasteiger partial charge in [0.2, 0.25) is 0 Å². The molecule has 9 heteroatoms. The molecule has 0 heterocycles. The molecule has 0 radical (unpaired) electrons. The molecule has 0 aromatic rings. The van der Waals surface area contributed by atoms with Crippen LogP contribution in [0.25, 0.3) is 5.53 Å². The first-order chi connectivity index (χ1) is 5.57. The summed E-state index contributed by atoms with van der Waals surface area (Å²) < 4.78 is 0.383. The van der Waals surface area contributed by atoms with Crippen molar-refractivity contribution < 1.29 is 54.2 Å². The number of hydrogen-bond donors (Lipinski definition) is 1. The van der Waals surface area contributed by atoms with Crippen LogP contribution in [-0.4, -0.2) is 20.4 Å². The molecule has 15 heavy (non-hydrogen) atoms. The third-order valence-electron chi connectivity index (χ3n) is 1.32. The Morgan fingerprint density at radius 2 is 1.93 bits per heavy atom. The third-order valence-corrected chi connectivity index (χ3v) is 3.43. The van der Waals surface area contributed by atoms with E-state index in [1.807, 2.05) is 0 Å². The van der Waals surface area contributed by atoms with Crippen LogP contribution < -0.4 is 24.8 Å². The summed E-state index contributed by atoms with van der Waals surface area (Å²) in [6.45, 7) is 0. The average Bonchev–Trinajstić information content (AvgIpc) is 2.01. The van der Waals surface area contributed by atoms with Crippen LogP contribution in [0.3, 0.4) is 0 Å². The van der Waals surface area contributed by atoms with E-state index < -0.39 is 0 Å². The van der Waals surface area contributed by atoms with E-state index in [4.69, 9.17) is 17.1 Å². The van der Waals surface area contributed by atoms with E-state index in [1.54, 1.807) is 0 Å². The van der Waals surface area contributed by atoms with E-state index in [0.29, 0.717) is 10.2 Å². The van der Waals surface area contributed by atoms with E-state index in [-0.39, 0.29) is 59.9 Å². The number of allylic oxidation sites excluding steroid dienone is 3. The molecule has 0 bridgehead atoms. The molecule has 80 valence electrons. The molecule has 0 aromatic carbocycles. The van der Waals surface area contributed by atoms with Crippen molar-refractivity contribution in [3.63, 3.8) is 0 Å². The number of hydrogen-bond acceptors (Lipinski definition) is 1. The molecule has 3 nitrogen and oxygen atoms in total. The summed E-state index contributed by atoms with van der Waals surface area (Å²) in [6.07, 6.45) is 1.43. The maximum absolute atomic E-state index is 9.21. The van der Waals surface area contributed by atoms with Crippen molar-refractivity contribution in [2.75, 3.05) is 0 Å². The fraction of sp³-hybridized carbons (Fsp3) is 0.167. The van der Waals surface area contributed by atoms with Crippen molar-refractivity contribution in [2.45, 2.75) is 4.83 Å². The minimum atomic E-state index is -0.334. The second kappa shape index (κ2) is 9.18. The number of alkyl halides is 1. The van der Waals surface area contributed by atoms with Crippen LogP contribution in [-0.2, 0) is 19.5 Å². The maximum atomic E-state index is 9.21. The van der Waals surface area contributed by atoms with Crippen molar-refractivity contribution in [3.8, 4) is 0 Å². The van der Waals surface area contributed by atoms with Gasteiger partial charge in [-0.15, -0.1) is 0 Å². The summed E-state index contributed by atoms with van der Waals surface area (Å²) in [6, 6.07) is 0. The van der Waals surface area contributed by atoms with Crippen LogP contribution in [0.15, 0.2) is 21.3 Å². The van der Waals surface area contributed by atoms with Crippen molar-refractivity contribution >= 4 is 49.2 Å². The predicted molar refractivity (Wildman–Crippen MR) is 53.9 cm³/mol. The fourth-order valence-electron chi connectivity index (χ4n) is 0.736. The molecule has 1 aliphatic rings. The molecule has 0 fully saturated rings. The van der Waals surface area contributed by atoms with Crippen LogP contribution in [0.2, 0.25) is 0 Å².